The molecule has 0 spiro atoms. The van der Waals surface area contributed by atoms with Crippen LogP contribution in [0.4, 0.5) is 16.3 Å². The fraction of sp³-hybridized carbons (Fsp3) is 0.421. The van der Waals surface area contributed by atoms with Crippen LogP contribution in [0.15, 0.2) is 24.3 Å². The quantitative estimate of drug-likeness (QED) is 0.812. The number of hydrogen-bond acceptors (Lipinski definition) is 6. The van der Waals surface area contributed by atoms with Gasteiger partial charge in [0.25, 0.3) is 0 Å². The maximum atomic E-state index is 12.3. The van der Waals surface area contributed by atoms with E-state index in [1.807, 2.05) is 13.0 Å². The van der Waals surface area contributed by atoms with Gasteiger partial charge in [-0.15, -0.1) is 0 Å². The van der Waals surface area contributed by atoms with Crippen LogP contribution in [-0.2, 0) is 6.54 Å². The molecular formula is C19H25N5O3. The third-order valence-electron chi connectivity index (χ3n) is 4.38. The molecule has 1 aromatic heterocycles. The number of nitrogens with one attached hydrogen (secondary N) is 2. The first kappa shape index (κ1) is 18.8. The summed E-state index contributed by atoms with van der Waals surface area (Å²) in [4.78, 5) is 23.5. The Balaban J connectivity index is 1.64. The molecule has 0 atom stereocenters. The van der Waals surface area contributed by atoms with Gasteiger partial charge in [-0.1, -0.05) is 6.07 Å². The number of methoxy groups -OCH3 is 2. The van der Waals surface area contributed by atoms with Crippen LogP contribution in [0.1, 0.15) is 24.4 Å². The van der Waals surface area contributed by atoms with Crippen molar-refractivity contribution in [2.24, 2.45) is 0 Å². The Morgan fingerprint density at radius 3 is 2.67 bits per heavy atom. The Bertz CT molecular complexity index is 806. The van der Waals surface area contributed by atoms with Gasteiger partial charge in [-0.25, -0.2) is 14.8 Å². The minimum Gasteiger partial charge on any atom is -0.493 e. The monoisotopic (exact) mass is 371 g/mol. The predicted molar refractivity (Wildman–Crippen MR) is 104 cm³/mol. The first-order chi connectivity index (χ1) is 13.1. The van der Waals surface area contributed by atoms with Crippen molar-refractivity contribution in [2.45, 2.75) is 26.3 Å². The summed E-state index contributed by atoms with van der Waals surface area (Å²) in [6, 6.07) is 6.91. The van der Waals surface area contributed by atoms with E-state index in [9.17, 15) is 4.79 Å². The van der Waals surface area contributed by atoms with Crippen molar-refractivity contribution in [3.63, 3.8) is 0 Å². The molecule has 1 fully saturated rings. The normalized spacial score (nSPS) is 13.4. The summed E-state index contributed by atoms with van der Waals surface area (Å²) in [6.45, 7) is 4.20. The van der Waals surface area contributed by atoms with E-state index < -0.39 is 0 Å². The number of rotatable bonds is 6. The van der Waals surface area contributed by atoms with Crippen LogP contribution in [0.25, 0.3) is 0 Å². The van der Waals surface area contributed by atoms with Crippen LogP contribution in [0.5, 0.6) is 11.5 Å². The van der Waals surface area contributed by atoms with Gasteiger partial charge in [-0.2, -0.15) is 0 Å². The van der Waals surface area contributed by atoms with Crippen molar-refractivity contribution in [3.05, 3.63) is 35.8 Å². The zero-order chi connectivity index (χ0) is 19.2. The molecule has 8 nitrogen and oxygen atoms in total. The van der Waals surface area contributed by atoms with Gasteiger partial charge in [0.1, 0.15) is 11.6 Å². The van der Waals surface area contributed by atoms with Gasteiger partial charge < -0.3 is 25.0 Å². The molecule has 0 aliphatic carbocycles. The largest absolute Gasteiger partial charge is 0.493 e. The molecule has 0 saturated carbocycles. The second-order valence-corrected chi connectivity index (χ2v) is 6.33. The van der Waals surface area contributed by atoms with E-state index >= 15 is 0 Å². The molecule has 0 bridgehead atoms. The summed E-state index contributed by atoms with van der Waals surface area (Å²) in [5, 5.41) is 5.56. The highest BCUT2D eigenvalue weighted by Gasteiger charge is 2.16. The highest BCUT2D eigenvalue weighted by Crippen LogP contribution is 2.34. The number of benzene rings is 1. The molecule has 2 heterocycles. The number of ether oxygens (including phenoxy) is 2. The molecule has 3 rings (SSSR count). The lowest BCUT2D eigenvalue weighted by atomic mass is 10.2. The summed E-state index contributed by atoms with van der Waals surface area (Å²) >= 11 is 0. The minimum absolute atomic E-state index is 0.237. The Morgan fingerprint density at radius 2 is 1.96 bits per heavy atom. The SMILES string of the molecule is COc1cccc(NC(=O)NCc2nc(C)cc(N3CCCC3)n2)c1OC. The van der Waals surface area contributed by atoms with Gasteiger partial charge in [-0.05, 0) is 31.9 Å². The molecule has 144 valence electrons. The maximum absolute atomic E-state index is 12.3. The fourth-order valence-electron chi connectivity index (χ4n) is 3.11. The number of carbonyl (C=O) groups is 1. The number of carbonyl (C=O) groups excluding carboxylic acids is 1. The first-order valence-corrected chi connectivity index (χ1v) is 8.96. The van der Waals surface area contributed by atoms with E-state index in [1.165, 1.54) is 20.0 Å². The van der Waals surface area contributed by atoms with Crippen molar-refractivity contribution in [1.29, 1.82) is 0 Å². The van der Waals surface area contributed by atoms with Crippen molar-refractivity contribution < 1.29 is 14.3 Å². The molecule has 2 N–H and O–H groups in total. The van der Waals surface area contributed by atoms with Crippen molar-refractivity contribution in [3.8, 4) is 11.5 Å². The molecule has 1 aliphatic rings. The van der Waals surface area contributed by atoms with E-state index in [0.717, 1.165) is 24.6 Å². The molecule has 2 amide bonds. The summed E-state index contributed by atoms with van der Waals surface area (Å²) < 4.78 is 10.6. The van der Waals surface area contributed by atoms with Gasteiger partial charge in [-0.3, -0.25) is 0 Å². The van der Waals surface area contributed by atoms with Gasteiger partial charge in [0, 0.05) is 24.8 Å². The van der Waals surface area contributed by atoms with E-state index in [0.29, 0.717) is 23.0 Å². The van der Waals surface area contributed by atoms with Crippen LogP contribution in [0.2, 0.25) is 0 Å². The van der Waals surface area contributed by atoms with E-state index in [1.54, 1.807) is 25.3 Å². The number of anilines is 2. The van der Waals surface area contributed by atoms with Crippen molar-refractivity contribution >= 4 is 17.5 Å². The molecule has 8 heteroatoms. The molecular weight excluding hydrogens is 346 g/mol. The van der Waals surface area contributed by atoms with Crippen molar-refractivity contribution in [2.75, 3.05) is 37.5 Å². The van der Waals surface area contributed by atoms with E-state index in [4.69, 9.17) is 9.47 Å². The van der Waals surface area contributed by atoms with Crippen LogP contribution >= 0.6 is 0 Å². The number of nitrogens with zero attached hydrogens (tertiary/aromatic N) is 3. The van der Waals surface area contributed by atoms with E-state index in [2.05, 4.69) is 25.5 Å². The molecule has 1 saturated heterocycles. The molecule has 0 radical (unpaired) electrons. The summed E-state index contributed by atoms with van der Waals surface area (Å²) in [6.07, 6.45) is 2.36. The Morgan fingerprint density at radius 1 is 1.19 bits per heavy atom. The number of aryl methyl sites for hydroxylation is 1. The molecule has 27 heavy (non-hydrogen) atoms. The average molecular weight is 371 g/mol. The Labute approximate surface area is 158 Å². The lowest BCUT2D eigenvalue weighted by Gasteiger charge is -2.17. The van der Waals surface area contributed by atoms with E-state index in [-0.39, 0.29) is 12.6 Å². The van der Waals surface area contributed by atoms with Gasteiger partial charge in [0.15, 0.2) is 11.5 Å². The number of urea groups is 1. The summed E-state index contributed by atoms with van der Waals surface area (Å²) in [7, 11) is 3.08. The van der Waals surface area contributed by atoms with Crippen LogP contribution in [0.3, 0.4) is 0 Å². The average Bonchev–Trinajstić information content (AvgIpc) is 3.20. The van der Waals surface area contributed by atoms with Crippen LogP contribution < -0.4 is 25.0 Å². The Hall–Kier alpha value is -3.03. The topological polar surface area (TPSA) is 88.6 Å². The number of amides is 2. The fourth-order valence-corrected chi connectivity index (χ4v) is 3.11. The number of hydrogen-bond donors (Lipinski definition) is 2. The second kappa shape index (κ2) is 8.57. The molecule has 0 unspecified atom stereocenters. The smallest absolute Gasteiger partial charge is 0.319 e. The van der Waals surface area contributed by atoms with Crippen LogP contribution in [-0.4, -0.2) is 43.3 Å². The third-order valence-corrected chi connectivity index (χ3v) is 4.38. The minimum atomic E-state index is -0.366. The molecule has 2 aromatic rings. The van der Waals surface area contributed by atoms with Gasteiger partial charge >= 0.3 is 6.03 Å². The highest BCUT2D eigenvalue weighted by atomic mass is 16.5. The third kappa shape index (κ3) is 4.58. The number of aromatic nitrogens is 2. The lowest BCUT2D eigenvalue weighted by molar-refractivity contribution is 0.251. The first-order valence-electron chi connectivity index (χ1n) is 8.96. The highest BCUT2D eigenvalue weighted by molar-refractivity contribution is 5.91. The van der Waals surface area contributed by atoms with Gasteiger partial charge in [0.2, 0.25) is 0 Å². The molecule has 1 aromatic carbocycles. The Kier molecular flexibility index (Phi) is 5.95. The molecule has 1 aliphatic heterocycles. The van der Waals surface area contributed by atoms with Gasteiger partial charge in [0.05, 0.1) is 26.5 Å². The second-order valence-electron chi connectivity index (χ2n) is 6.33. The summed E-state index contributed by atoms with van der Waals surface area (Å²) in [5.74, 6) is 2.53. The summed E-state index contributed by atoms with van der Waals surface area (Å²) in [5.41, 5.74) is 1.41. The predicted octanol–water partition coefficient (Wildman–Crippen LogP) is 2.72. The zero-order valence-corrected chi connectivity index (χ0v) is 15.9. The van der Waals surface area contributed by atoms with Crippen LogP contribution in [0, 0.1) is 6.92 Å². The number of para-hydroxylation sites is 1. The maximum Gasteiger partial charge on any atom is 0.319 e. The zero-order valence-electron chi connectivity index (χ0n) is 15.9. The lowest BCUT2D eigenvalue weighted by Crippen LogP contribution is -2.29. The van der Waals surface area contributed by atoms with Crippen molar-refractivity contribution in [1.82, 2.24) is 15.3 Å². The standard InChI is InChI=1S/C19H25N5O3/c1-13-11-17(24-9-4-5-10-24)23-16(21-13)12-20-19(25)22-14-7-6-8-15(26-2)18(14)27-3/h6-8,11H,4-5,9-10,12H2,1-3H3,(H2,20,22,25).